The highest BCUT2D eigenvalue weighted by molar-refractivity contribution is 7.47. The van der Waals surface area contributed by atoms with Gasteiger partial charge in [0.05, 0.1) is 13.2 Å². The van der Waals surface area contributed by atoms with Gasteiger partial charge in [-0.1, -0.05) is 344 Å². The van der Waals surface area contributed by atoms with Crippen LogP contribution in [0, 0.1) is 0 Å². The lowest BCUT2D eigenvalue weighted by atomic mass is 10.0. The van der Waals surface area contributed by atoms with Gasteiger partial charge in [-0.3, -0.25) is 18.6 Å². The van der Waals surface area contributed by atoms with Gasteiger partial charge in [-0.05, 0) is 135 Å². The van der Waals surface area contributed by atoms with Crippen molar-refractivity contribution in [2.24, 2.45) is 5.73 Å². The number of unbranched alkanes of at least 4 members (excludes halogenated alkanes) is 27. The topological polar surface area (TPSA) is 134 Å². The minimum Gasteiger partial charge on any atom is -0.462 e. The molecule has 0 aromatic carbocycles. The number of hydrogen-bond acceptors (Lipinski definition) is 8. The standard InChI is InChI=1S/C85H140NO8P/c1-3-5-7-9-11-13-15-17-19-21-23-25-27-29-31-33-35-37-38-39-40-41-42-43-44-46-48-50-52-54-56-58-60-62-64-66-68-70-72-74-76-78-85(88)94-83(82-93-95(89,90)92-80-79-86)81-91-84(87)77-75-73-71-69-67-65-63-61-59-57-55-53-51-49-47-45-36-34-32-30-28-26-24-22-20-18-16-14-12-10-8-6-4-2/h5-8,11-14,17-20,23-26,29-32,35-37,39-40,42-43,45,49,51,83H,3-4,9-10,15-16,21-22,27-28,33-34,38,41,44,46-48,50,52-82,86H2,1-2H3,(H,89,90)/b7-5-,8-6-,13-11-,14-12-,19-17-,20-18-,25-23-,26-24-,31-29-,32-30-,37-35-,40-39-,43-42-,45-36-,51-49-. The third kappa shape index (κ3) is 78.0. The van der Waals surface area contributed by atoms with Crippen molar-refractivity contribution in [3.05, 3.63) is 182 Å². The largest absolute Gasteiger partial charge is 0.472 e. The molecule has 10 heteroatoms. The molecule has 0 aliphatic carbocycles. The summed E-state index contributed by atoms with van der Waals surface area (Å²) in [4.78, 5) is 35.4. The lowest BCUT2D eigenvalue weighted by molar-refractivity contribution is -0.161. The lowest BCUT2D eigenvalue weighted by Crippen LogP contribution is -2.29. The number of allylic oxidation sites excluding steroid dienone is 30. The van der Waals surface area contributed by atoms with Gasteiger partial charge in [-0.2, -0.15) is 0 Å². The number of esters is 2. The van der Waals surface area contributed by atoms with Crippen LogP contribution >= 0.6 is 7.82 Å². The third-order valence-corrected chi connectivity index (χ3v) is 16.8. The molecule has 2 unspecified atom stereocenters. The quantitative estimate of drug-likeness (QED) is 0.0264. The molecule has 0 spiro atoms. The summed E-state index contributed by atoms with van der Waals surface area (Å²) in [5.41, 5.74) is 5.41. The first-order valence-electron chi connectivity index (χ1n) is 38.3. The Morgan fingerprint density at radius 3 is 0.811 bits per heavy atom. The fourth-order valence-corrected chi connectivity index (χ4v) is 11.0. The first-order chi connectivity index (χ1) is 46.8. The molecular formula is C85H140NO8P. The van der Waals surface area contributed by atoms with E-state index in [0.29, 0.717) is 6.42 Å². The Balaban J connectivity index is 3.89. The van der Waals surface area contributed by atoms with Gasteiger partial charge in [0.1, 0.15) is 6.61 Å². The molecular weight excluding hydrogens is 1190 g/mol. The monoisotopic (exact) mass is 1330 g/mol. The summed E-state index contributed by atoms with van der Waals surface area (Å²) in [6.07, 6.45) is 117. The van der Waals surface area contributed by atoms with E-state index >= 15 is 0 Å². The smallest absolute Gasteiger partial charge is 0.462 e. The van der Waals surface area contributed by atoms with Gasteiger partial charge in [0, 0.05) is 19.4 Å². The van der Waals surface area contributed by atoms with Crippen LogP contribution in [0.15, 0.2) is 182 Å². The van der Waals surface area contributed by atoms with Gasteiger partial charge in [0.25, 0.3) is 0 Å². The zero-order valence-electron chi connectivity index (χ0n) is 60.6. The number of nitrogens with two attached hydrogens (primary N) is 1. The van der Waals surface area contributed by atoms with Gasteiger partial charge >= 0.3 is 19.8 Å². The van der Waals surface area contributed by atoms with Crippen molar-refractivity contribution in [2.75, 3.05) is 26.4 Å². The van der Waals surface area contributed by atoms with Gasteiger partial charge in [0.15, 0.2) is 6.10 Å². The molecule has 0 aliphatic rings. The zero-order chi connectivity index (χ0) is 68.6. The number of phosphoric acid groups is 1. The van der Waals surface area contributed by atoms with E-state index in [2.05, 4.69) is 196 Å². The molecule has 0 aliphatic heterocycles. The van der Waals surface area contributed by atoms with Crippen molar-refractivity contribution in [3.63, 3.8) is 0 Å². The van der Waals surface area contributed by atoms with Crippen LogP contribution in [-0.4, -0.2) is 49.3 Å². The Kier molecular flexibility index (Phi) is 74.1. The molecule has 0 bridgehead atoms. The van der Waals surface area contributed by atoms with Crippen molar-refractivity contribution in [2.45, 2.75) is 315 Å². The van der Waals surface area contributed by atoms with Crippen molar-refractivity contribution in [3.8, 4) is 0 Å². The Morgan fingerprint density at radius 2 is 0.547 bits per heavy atom. The first-order valence-corrected chi connectivity index (χ1v) is 39.8. The number of rotatable bonds is 70. The summed E-state index contributed by atoms with van der Waals surface area (Å²) in [5, 5.41) is 0. The van der Waals surface area contributed by atoms with Crippen LogP contribution in [0.1, 0.15) is 309 Å². The van der Waals surface area contributed by atoms with E-state index in [9.17, 15) is 19.0 Å². The molecule has 0 aromatic rings. The van der Waals surface area contributed by atoms with Crippen LogP contribution in [0.3, 0.4) is 0 Å². The van der Waals surface area contributed by atoms with E-state index < -0.39 is 26.5 Å². The van der Waals surface area contributed by atoms with Crippen LogP contribution < -0.4 is 5.73 Å². The van der Waals surface area contributed by atoms with Crippen molar-refractivity contribution < 1.29 is 37.6 Å². The fraction of sp³-hybridized carbons (Fsp3) is 0.624. The molecule has 0 heterocycles. The normalized spacial score (nSPS) is 13.9. The number of phosphoric ester groups is 1. The minimum absolute atomic E-state index is 0.0463. The summed E-state index contributed by atoms with van der Waals surface area (Å²) < 4.78 is 33.2. The molecule has 3 N–H and O–H groups in total. The maximum absolute atomic E-state index is 12.8. The fourth-order valence-electron chi connectivity index (χ4n) is 10.2. The van der Waals surface area contributed by atoms with E-state index in [0.717, 1.165) is 148 Å². The number of ether oxygens (including phenoxy) is 2. The first kappa shape index (κ1) is 90.1. The van der Waals surface area contributed by atoms with Gasteiger partial charge in [0.2, 0.25) is 0 Å². The van der Waals surface area contributed by atoms with Crippen molar-refractivity contribution in [1.29, 1.82) is 0 Å². The molecule has 0 rings (SSSR count). The Hall–Kier alpha value is -4.89. The second-order valence-electron chi connectivity index (χ2n) is 24.8. The number of hydrogen-bond donors (Lipinski definition) is 2. The summed E-state index contributed by atoms with van der Waals surface area (Å²) in [6, 6.07) is 0. The Labute approximate surface area is 584 Å². The predicted octanol–water partition coefficient (Wildman–Crippen LogP) is 25.9. The highest BCUT2D eigenvalue weighted by atomic mass is 31.2. The van der Waals surface area contributed by atoms with E-state index in [1.54, 1.807) is 0 Å². The van der Waals surface area contributed by atoms with Crippen LogP contribution in [0.4, 0.5) is 0 Å². The van der Waals surface area contributed by atoms with Gasteiger partial charge in [-0.15, -0.1) is 0 Å². The molecule has 0 amide bonds. The summed E-state index contributed by atoms with van der Waals surface area (Å²) >= 11 is 0. The van der Waals surface area contributed by atoms with Crippen LogP contribution in [0.25, 0.3) is 0 Å². The Morgan fingerprint density at radius 1 is 0.316 bits per heavy atom. The molecule has 9 nitrogen and oxygen atoms in total. The molecule has 0 aromatic heterocycles. The second-order valence-corrected chi connectivity index (χ2v) is 26.2. The maximum Gasteiger partial charge on any atom is 0.472 e. The number of carbonyl (C=O) groups is 2. The van der Waals surface area contributed by atoms with Crippen molar-refractivity contribution >= 4 is 19.8 Å². The van der Waals surface area contributed by atoms with Crippen LogP contribution in [0.2, 0.25) is 0 Å². The summed E-state index contributed by atoms with van der Waals surface area (Å²) in [7, 11) is -4.41. The predicted molar refractivity (Wildman–Crippen MR) is 412 cm³/mol. The molecule has 538 valence electrons. The molecule has 0 saturated heterocycles. The van der Waals surface area contributed by atoms with E-state index in [1.165, 1.54) is 128 Å². The maximum atomic E-state index is 12.8. The molecule has 95 heavy (non-hydrogen) atoms. The lowest BCUT2D eigenvalue weighted by Gasteiger charge is -2.19. The SMILES string of the molecule is CC/C=C\C/C=C\C/C=C\C/C=C\C/C=C\C/C=C\C/C=C\C/C=C\CCCCCCCCCCCCCCCCCCC(=O)OC(COC(=O)CCCCCCCCCCCCC/C=C\C/C=C\C/C=C\C/C=C\C/C=C\C/C=C\C/C=C\CC)COP(=O)(O)OCCN. The zero-order valence-corrected chi connectivity index (χ0v) is 61.5. The van der Waals surface area contributed by atoms with Crippen molar-refractivity contribution in [1.82, 2.24) is 0 Å². The highest BCUT2D eigenvalue weighted by Crippen LogP contribution is 2.43. The summed E-state index contributed by atoms with van der Waals surface area (Å²) in [5.74, 6) is -0.833. The number of carbonyl (C=O) groups excluding carboxylic acids is 2. The average molecular weight is 1340 g/mol. The van der Waals surface area contributed by atoms with Crippen LogP contribution in [-0.2, 0) is 32.7 Å². The molecule has 0 radical (unpaired) electrons. The van der Waals surface area contributed by atoms with E-state index in [4.69, 9.17) is 24.3 Å². The highest BCUT2D eigenvalue weighted by Gasteiger charge is 2.26. The molecule has 2 atom stereocenters. The van der Waals surface area contributed by atoms with Gasteiger partial charge < -0.3 is 20.1 Å². The van der Waals surface area contributed by atoms with Gasteiger partial charge in [-0.25, -0.2) is 4.57 Å². The Bertz CT molecular complexity index is 2220. The molecule has 0 saturated carbocycles. The summed E-state index contributed by atoms with van der Waals surface area (Å²) in [6.45, 7) is 3.52. The van der Waals surface area contributed by atoms with E-state index in [-0.39, 0.29) is 38.6 Å². The molecule has 0 fully saturated rings. The average Bonchev–Trinajstić information content (AvgIpc) is 2.75. The second kappa shape index (κ2) is 78.1. The minimum atomic E-state index is -4.41. The third-order valence-electron chi connectivity index (χ3n) is 15.8. The van der Waals surface area contributed by atoms with Crippen LogP contribution in [0.5, 0.6) is 0 Å². The van der Waals surface area contributed by atoms with E-state index in [1.807, 2.05) is 0 Å².